The predicted molar refractivity (Wildman–Crippen MR) is 83.1 cm³/mol. The molecule has 0 amide bonds. The van der Waals surface area contributed by atoms with Crippen LogP contribution in [0.4, 0.5) is 0 Å². The van der Waals surface area contributed by atoms with E-state index in [1.807, 2.05) is 0 Å². The van der Waals surface area contributed by atoms with Crippen molar-refractivity contribution in [2.75, 3.05) is 13.2 Å². The number of rotatable bonds is 5. The van der Waals surface area contributed by atoms with Gasteiger partial charge in [0.1, 0.15) is 0 Å². The van der Waals surface area contributed by atoms with E-state index < -0.39 is 0 Å². The molecule has 3 saturated carbocycles. The maximum atomic E-state index is 10.1. The van der Waals surface area contributed by atoms with Gasteiger partial charge in [0.15, 0.2) is 0 Å². The zero-order valence-electron chi connectivity index (χ0n) is 13.2. The molecular formula is C18H31NO2. The van der Waals surface area contributed by atoms with Gasteiger partial charge in [-0.05, 0) is 57.4 Å². The molecule has 120 valence electrons. The molecule has 5 unspecified atom stereocenters. The molecule has 3 nitrogen and oxygen atoms in total. The molecule has 21 heavy (non-hydrogen) atoms. The highest BCUT2D eigenvalue weighted by atomic mass is 16.5. The molecule has 0 radical (unpaired) electrons. The second kappa shape index (κ2) is 5.82. The van der Waals surface area contributed by atoms with Crippen molar-refractivity contribution in [1.29, 1.82) is 0 Å². The van der Waals surface area contributed by atoms with Crippen LogP contribution < -0.4 is 5.32 Å². The molecule has 0 bridgehead atoms. The summed E-state index contributed by atoms with van der Waals surface area (Å²) in [6, 6.07) is 0.732. The smallest absolute Gasteiger partial charge is 0.0690 e. The lowest BCUT2D eigenvalue weighted by Crippen LogP contribution is -2.71. The summed E-state index contributed by atoms with van der Waals surface area (Å²) >= 11 is 0. The summed E-state index contributed by atoms with van der Waals surface area (Å²) in [5.74, 6) is 1.37. The molecule has 3 heteroatoms. The van der Waals surface area contributed by atoms with Crippen LogP contribution in [0.15, 0.2) is 0 Å². The minimum atomic E-state index is -0.0203. The van der Waals surface area contributed by atoms with Crippen LogP contribution >= 0.6 is 0 Å². The van der Waals surface area contributed by atoms with E-state index in [9.17, 15) is 5.11 Å². The Morgan fingerprint density at radius 3 is 2.71 bits per heavy atom. The van der Waals surface area contributed by atoms with Gasteiger partial charge in [-0.3, -0.25) is 0 Å². The van der Waals surface area contributed by atoms with Crippen LogP contribution in [-0.4, -0.2) is 36.5 Å². The van der Waals surface area contributed by atoms with E-state index in [1.165, 1.54) is 57.8 Å². The molecule has 1 aliphatic heterocycles. The highest BCUT2D eigenvalue weighted by molar-refractivity contribution is 5.18. The Kier molecular flexibility index (Phi) is 4.01. The van der Waals surface area contributed by atoms with Crippen LogP contribution in [0.1, 0.15) is 64.2 Å². The molecule has 1 spiro atoms. The molecule has 0 aromatic carbocycles. The molecule has 1 saturated heterocycles. The van der Waals surface area contributed by atoms with Crippen LogP contribution in [0.25, 0.3) is 0 Å². The van der Waals surface area contributed by atoms with Crippen molar-refractivity contribution in [3.63, 3.8) is 0 Å². The number of hydrogen-bond acceptors (Lipinski definition) is 3. The van der Waals surface area contributed by atoms with Crippen molar-refractivity contribution in [2.24, 2.45) is 17.3 Å². The number of aliphatic hydroxyl groups excluding tert-OH is 1. The minimum Gasteiger partial charge on any atom is -0.393 e. The Morgan fingerprint density at radius 1 is 1.10 bits per heavy atom. The monoisotopic (exact) mass is 293 g/mol. The van der Waals surface area contributed by atoms with Crippen LogP contribution in [-0.2, 0) is 4.74 Å². The lowest BCUT2D eigenvalue weighted by molar-refractivity contribution is -0.175. The van der Waals surface area contributed by atoms with Gasteiger partial charge in [-0.25, -0.2) is 0 Å². The first-order valence-corrected chi connectivity index (χ1v) is 9.34. The van der Waals surface area contributed by atoms with Crippen molar-refractivity contribution in [1.82, 2.24) is 5.32 Å². The van der Waals surface area contributed by atoms with Crippen LogP contribution in [0.3, 0.4) is 0 Å². The number of aliphatic hydroxyl groups is 1. The van der Waals surface area contributed by atoms with Gasteiger partial charge in [-0.15, -0.1) is 0 Å². The molecule has 4 aliphatic rings. The second-order valence-corrected chi connectivity index (χ2v) is 8.02. The average Bonchev–Trinajstić information content (AvgIpc) is 2.84. The Morgan fingerprint density at radius 2 is 1.95 bits per heavy atom. The third kappa shape index (κ3) is 2.36. The summed E-state index contributed by atoms with van der Waals surface area (Å²) in [4.78, 5) is 0. The summed E-state index contributed by atoms with van der Waals surface area (Å²) in [6.07, 6.45) is 13.3. The highest BCUT2D eigenvalue weighted by Gasteiger charge is 2.66. The summed E-state index contributed by atoms with van der Waals surface area (Å²) in [7, 11) is 0. The second-order valence-electron chi connectivity index (χ2n) is 8.02. The summed E-state index contributed by atoms with van der Waals surface area (Å²) in [5, 5.41) is 13.9. The first kappa shape index (κ1) is 14.5. The molecule has 2 N–H and O–H groups in total. The van der Waals surface area contributed by atoms with E-state index >= 15 is 0 Å². The zero-order valence-corrected chi connectivity index (χ0v) is 13.2. The molecule has 4 fully saturated rings. The van der Waals surface area contributed by atoms with E-state index in [4.69, 9.17) is 4.74 Å². The third-order valence-corrected chi connectivity index (χ3v) is 7.02. The van der Waals surface area contributed by atoms with Crippen molar-refractivity contribution >= 4 is 0 Å². The maximum absolute atomic E-state index is 10.1. The lowest BCUT2D eigenvalue weighted by Gasteiger charge is -2.63. The molecule has 0 aromatic heterocycles. The van der Waals surface area contributed by atoms with Gasteiger partial charge in [0, 0.05) is 24.0 Å². The average molecular weight is 293 g/mol. The van der Waals surface area contributed by atoms with E-state index in [0.717, 1.165) is 31.5 Å². The Hall–Kier alpha value is -0.120. The number of ether oxygens (including phenoxy) is 1. The molecule has 5 atom stereocenters. The van der Waals surface area contributed by atoms with Crippen LogP contribution in [0.5, 0.6) is 0 Å². The van der Waals surface area contributed by atoms with Crippen molar-refractivity contribution in [2.45, 2.75) is 82.5 Å². The normalized spacial score (nSPS) is 44.1. The highest BCUT2D eigenvalue weighted by Crippen LogP contribution is 2.62. The fraction of sp³-hybridized carbons (Fsp3) is 1.00. The van der Waals surface area contributed by atoms with Crippen LogP contribution in [0, 0.1) is 17.3 Å². The lowest BCUT2D eigenvalue weighted by atomic mass is 9.46. The Balaban J connectivity index is 1.22. The van der Waals surface area contributed by atoms with Gasteiger partial charge in [-0.2, -0.15) is 0 Å². The summed E-state index contributed by atoms with van der Waals surface area (Å²) in [5.41, 5.74) is 0.519. The molecule has 4 rings (SSSR count). The van der Waals surface area contributed by atoms with E-state index in [1.54, 1.807) is 0 Å². The topological polar surface area (TPSA) is 41.5 Å². The van der Waals surface area contributed by atoms with Crippen molar-refractivity contribution in [3.8, 4) is 0 Å². The summed E-state index contributed by atoms with van der Waals surface area (Å²) < 4.78 is 5.98. The molecular weight excluding hydrogens is 262 g/mol. The standard InChI is InChI=1S/C18H31NO2/c20-15-7-2-1-5-13(15)6-3-11-19-16-14-8-12-21-17(14)18(16)9-4-10-18/h13-17,19-20H,1-12H2. The van der Waals surface area contributed by atoms with E-state index in [-0.39, 0.29) is 6.10 Å². The van der Waals surface area contributed by atoms with Crippen LogP contribution in [0.2, 0.25) is 0 Å². The fourth-order valence-electron chi connectivity index (χ4n) is 5.71. The number of hydrogen-bond donors (Lipinski definition) is 2. The Labute approximate surface area is 128 Å². The zero-order chi connectivity index (χ0) is 14.3. The van der Waals surface area contributed by atoms with Crippen molar-refractivity contribution in [3.05, 3.63) is 0 Å². The minimum absolute atomic E-state index is 0.0203. The molecule has 3 aliphatic carbocycles. The first-order chi connectivity index (χ1) is 10.3. The van der Waals surface area contributed by atoms with Gasteiger partial charge >= 0.3 is 0 Å². The Bertz CT molecular complexity index is 368. The van der Waals surface area contributed by atoms with Gasteiger partial charge in [-0.1, -0.05) is 19.3 Å². The van der Waals surface area contributed by atoms with Gasteiger partial charge in [0.2, 0.25) is 0 Å². The van der Waals surface area contributed by atoms with E-state index in [2.05, 4.69) is 5.32 Å². The number of nitrogens with one attached hydrogen (secondary N) is 1. The molecule has 0 aromatic rings. The van der Waals surface area contributed by atoms with Crippen molar-refractivity contribution < 1.29 is 9.84 Å². The van der Waals surface area contributed by atoms with Gasteiger partial charge in [0.25, 0.3) is 0 Å². The van der Waals surface area contributed by atoms with E-state index in [0.29, 0.717) is 17.4 Å². The maximum Gasteiger partial charge on any atom is 0.0690 e. The van der Waals surface area contributed by atoms with Gasteiger partial charge < -0.3 is 15.2 Å². The largest absolute Gasteiger partial charge is 0.393 e. The van der Waals surface area contributed by atoms with Gasteiger partial charge in [0.05, 0.1) is 12.2 Å². The fourth-order valence-corrected chi connectivity index (χ4v) is 5.71. The quantitative estimate of drug-likeness (QED) is 0.766. The predicted octanol–water partition coefficient (Wildman–Crippen LogP) is 2.86. The first-order valence-electron chi connectivity index (χ1n) is 9.34. The third-order valence-electron chi connectivity index (χ3n) is 7.02. The molecule has 1 heterocycles. The SMILES string of the molecule is OC1CCCCC1CCCNC1C2CCOC2C12CCC2. The number of fused-ring (bicyclic) bond motifs is 2. The summed E-state index contributed by atoms with van der Waals surface area (Å²) in [6.45, 7) is 2.13.